The molecule has 0 aliphatic carbocycles. The molecule has 1 saturated heterocycles. The van der Waals surface area contributed by atoms with Gasteiger partial charge in [-0.2, -0.15) is 0 Å². The van der Waals surface area contributed by atoms with E-state index in [9.17, 15) is 9.18 Å². The number of halogens is 1. The third-order valence-corrected chi connectivity index (χ3v) is 3.16. The summed E-state index contributed by atoms with van der Waals surface area (Å²) < 4.78 is 16.8. The Morgan fingerprint density at radius 2 is 1.90 bits per heavy atom. The van der Waals surface area contributed by atoms with Crippen molar-refractivity contribution in [2.45, 2.75) is 6.92 Å². The summed E-state index contributed by atoms with van der Waals surface area (Å²) in [5.74, 6) is -0.354. The van der Waals surface area contributed by atoms with Crippen LogP contribution in [0.4, 0.5) is 14.9 Å². The van der Waals surface area contributed by atoms with Crippen molar-refractivity contribution in [3.05, 3.63) is 30.1 Å². The van der Waals surface area contributed by atoms with Gasteiger partial charge in [0.25, 0.3) is 0 Å². The van der Waals surface area contributed by atoms with E-state index in [1.165, 1.54) is 19.2 Å². The number of rotatable bonds is 1. The fourth-order valence-electron chi connectivity index (χ4n) is 1.85. The maximum Gasteiger partial charge on any atom is 0.409 e. The number of piperazine rings is 1. The number of ether oxygens (including phenoxy) is 1. The van der Waals surface area contributed by atoms with Crippen LogP contribution in [0, 0.1) is 5.82 Å². The van der Waals surface area contributed by atoms with Gasteiger partial charge in [0.05, 0.1) is 12.8 Å². The molecule has 0 saturated carbocycles. The molecule has 2 rings (SSSR count). The number of nitrogens with two attached hydrogens (primary N) is 1. The minimum atomic E-state index is -0.354. The number of carbonyl (C=O) groups excluding carboxylic acids is 1. The lowest BCUT2D eigenvalue weighted by molar-refractivity contribution is 0.0927. The van der Waals surface area contributed by atoms with E-state index in [0.29, 0.717) is 0 Å². The Morgan fingerprint density at radius 3 is 2.30 bits per heavy atom. The lowest BCUT2D eigenvalue weighted by Crippen LogP contribution is -2.48. The van der Waals surface area contributed by atoms with Crippen LogP contribution in [0.3, 0.4) is 0 Å². The van der Waals surface area contributed by atoms with Crippen molar-refractivity contribution in [3.8, 4) is 0 Å². The Kier molecular flexibility index (Phi) is 6.79. The Bertz CT molecular complexity index is 400. The summed E-state index contributed by atoms with van der Waals surface area (Å²) in [5.41, 5.74) is 5.35. The molecule has 0 radical (unpaired) electrons. The van der Waals surface area contributed by atoms with Gasteiger partial charge in [0.15, 0.2) is 0 Å². The van der Waals surface area contributed by atoms with Crippen molar-refractivity contribution in [2.24, 2.45) is 0 Å². The molecule has 0 unspecified atom stereocenters. The minimum absolute atomic E-state index is 0.201. The molecule has 6 heteroatoms. The standard InChI is InChI=1S/C8H16N2O2.C6H6FN/c1-3-9-4-6-10(7-5-9)8(11)12-2;7-5-3-1-2-4-6(5)8/h3-7H2,1-2H3;1-4H,8H2. The SMILES string of the molecule is CCN1CCN(C(=O)OC)CC1.Nc1ccccc1F. The van der Waals surface area contributed by atoms with Gasteiger partial charge in [-0.25, -0.2) is 9.18 Å². The number of anilines is 1. The van der Waals surface area contributed by atoms with E-state index in [4.69, 9.17) is 5.73 Å². The van der Waals surface area contributed by atoms with Crippen molar-refractivity contribution in [2.75, 3.05) is 45.6 Å². The topological polar surface area (TPSA) is 58.8 Å². The van der Waals surface area contributed by atoms with Gasteiger partial charge >= 0.3 is 6.09 Å². The molecular formula is C14H22FN3O2. The number of hydrogen-bond donors (Lipinski definition) is 1. The molecular weight excluding hydrogens is 261 g/mol. The second-order valence-corrected chi connectivity index (χ2v) is 4.41. The molecule has 1 aliphatic rings. The third-order valence-electron chi connectivity index (χ3n) is 3.16. The second kappa shape index (κ2) is 8.37. The highest BCUT2D eigenvalue weighted by Gasteiger charge is 2.19. The minimum Gasteiger partial charge on any atom is -0.453 e. The van der Waals surface area contributed by atoms with E-state index in [0.717, 1.165) is 32.7 Å². The van der Waals surface area contributed by atoms with Crippen molar-refractivity contribution < 1.29 is 13.9 Å². The van der Waals surface area contributed by atoms with Gasteiger partial charge in [-0.3, -0.25) is 0 Å². The lowest BCUT2D eigenvalue weighted by atomic mass is 10.3. The largest absolute Gasteiger partial charge is 0.453 e. The summed E-state index contributed by atoms with van der Waals surface area (Å²) in [7, 11) is 1.43. The fourth-order valence-corrected chi connectivity index (χ4v) is 1.85. The summed E-state index contributed by atoms with van der Waals surface area (Å²) >= 11 is 0. The van der Waals surface area contributed by atoms with E-state index >= 15 is 0 Å². The van der Waals surface area contributed by atoms with Crippen LogP contribution < -0.4 is 5.73 Å². The molecule has 1 heterocycles. The monoisotopic (exact) mass is 283 g/mol. The number of para-hydroxylation sites is 1. The number of amides is 1. The first kappa shape index (κ1) is 16.2. The van der Waals surface area contributed by atoms with Crippen LogP contribution in [0.5, 0.6) is 0 Å². The number of methoxy groups -OCH3 is 1. The third kappa shape index (κ3) is 5.05. The van der Waals surface area contributed by atoms with Crippen molar-refractivity contribution >= 4 is 11.8 Å². The number of nitrogens with zero attached hydrogens (tertiary/aromatic N) is 2. The molecule has 112 valence electrons. The molecule has 0 spiro atoms. The smallest absolute Gasteiger partial charge is 0.409 e. The zero-order chi connectivity index (χ0) is 15.0. The van der Waals surface area contributed by atoms with Crippen LogP contribution in [-0.4, -0.2) is 55.7 Å². The number of nitrogen functional groups attached to an aromatic ring is 1. The molecule has 20 heavy (non-hydrogen) atoms. The number of carbonyl (C=O) groups is 1. The molecule has 0 aromatic heterocycles. The maximum atomic E-state index is 12.2. The number of benzene rings is 1. The summed E-state index contributed by atoms with van der Waals surface area (Å²) in [6.45, 7) is 6.71. The van der Waals surface area contributed by atoms with Gasteiger partial charge in [-0.1, -0.05) is 19.1 Å². The zero-order valence-corrected chi connectivity index (χ0v) is 12.0. The number of likely N-dealkylation sites (N-methyl/N-ethyl adjacent to an activating group) is 1. The fraction of sp³-hybridized carbons (Fsp3) is 0.500. The maximum absolute atomic E-state index is 12.2. The van der Waals surface area contributed by atoms with Crippen molar-refractivity contribution in [1.82, 2.24) is 9.80 Å². The highest BCUT2D eigenvalue weighted by atomic mass is 19.1. The normalized spacial score (nSPS) is 15.2. The van der Waals surface area contributed by atoms with Crippen LogP contribution in [0.2, 0.25) is 0 Å². The lowest BCUT2D eigenvalue weighted by Gasteiger charge is -2.32. The van der Waals surface area contributed by atoms with E-state index in [-0.39, 0.29) is 17.6 Å². The molecule has 1 aliphatic heterocycles. The molecule has 1 fully saturated rings. The highest BCUT2D eigenvalue weighted by molar-refractivity contribution is 5.67. The van der Waals surface area contributed by atoms with E-state index < -0.39 is 0 Å². The van der Waals surface area contributed by atoms with E-state index in [1.54, 1.807) is 17.0 Å². The Morgan fingerprint density at radius 1 is 1.30 bits per heavy atom. The number of hydrogen-bond acceptors (Lipinski definition) is 4. The zero-order valence-electron chi connectivity index (χ0n) is 12.0. The van der Waals surface area contributed by atoms with Crippen molar-refractivity contribution in [3.63, 3.8) is 0 Å². The van der Waals surface area contributed by atoms with Gasteiger partial charge < -0.3 is 20.3 Å². The summed E-state index contributed by atoms with van der Waals surface area (Å²) in [4.78, 5) is 15.1. The predicted octanol–water partition coefficient (Wildman–Crippen LogP) is 1.80. The van der Waals surface area contributed by atoms with Gasteiger partial charge in [0.1, 0.15) is 5.82 Å². The second-order valence-electron chi connectivity index (χ2n) is 4.41. The average Bonchev–Trinajstić information content (AvgIpc) is 2.50. The van der Waals surface area contributed by atoms with Gasteiger partial charge in [-0.15, -0.1) is 0 Å². The molecule has 2 N–H and O–H groups in total. The van der Waals surface area contributed by atoms with Gasteiger partial charge in [0.2, 0.25) is 0 Å². The molecule has 5 nitrogen and oxygen atoms in total. The summed E-state index contributed by atoms with van der Waals surface area (Å²) in [5, 5.41) is 0. The first-order valence-corrected chi connectivity index (χ1v) is 6.63. The predicted molar refractivity (Wildman–Crippen MR) is 76.9 cm³/mol. The van der Waals surface area contributed by atoms with Crippen LogP contribution in [0.15, 0.2) is 24.3 Å². The summed E-state index contributed by atoms with van der Waals surface area (Å²) in [6.07, 6.45) is -0.203. The van der Waals surface area contributed by atoms with Crippen LogP contribution in [0.25, 0.3) is 0 Å². The Hall–Kier alpha value is -1.82. The molecule has 0 atom stereocenters. The van der Waals surface area contributed by atoms with E-state index in [2.05, 4.69) is 16.6 Å². The van der Waals surface area contributed by atoms with Crippen LogP contribution >= 0.6 is 0 Å². The molecule has 1 aromatic carbocycles. The molecule has 1 aromatic rings. The van der Waals surface area contributed by atoms with Gasteiger partial charge in [0, 0.05) is 26.2 Å². The first-order valence-electron chi connectivity index (χ1n) is 6.63. The average molecular weight is 283 g/mol. The van der Waals surface area contributed by atoms with E-state index in [1.807, 2.05) is 0 Å². The Balaban J connectivity index is 0.000000217. The highest BCUT2D eigenvalue weighted by Crippen LogP contribution is 2.05. The van der Waals surface area contributed by atoms with Crippen LogP contribution in [0.1, 0.15) is 6.92 Å². The quantitative estimate of drug-likeness (QED) is 0.798. The Labute approximate surface area is 119 Å². The molecule has 1 amide bonds. The summed E-state index contributed by atoms with van der Waals surface area (Å²) in [6, 6.07) is 6.15. The first-order chi connectivity index (χ1) is 9.58. The van der Waals surface area contributed by atoms with Crippen LogP contribution in [-0.2, 0) is 4.74 Å². The molecule has 0 bridgehead atoms. The van der Waals surface area contributed by atoms with Gasteiger partial charge in [-0.05, 0) is 18.7 Å². The van der Waals surface area contributed by atoms with Crippen molar-refractivity contribution in [1.29, 1.82) is 0 Å².